The van der Waals surface area contributed by atoms with Crippen molar-refractivity contribution in [2.75, 3.05) is 13.7 Å². The monoisotopic (exact) mass is 171 g/mol. The third-order valence-electron chi connectivity index (χ3n) is 1.31. The molecule has 0 spiro atoms. The number of rotatable bonds is 2. The number of aliphatic hydroxyl groups excluding tert-OH is 1. The summed E-state index contributed by atoms with van der Waals surface area (Å²) >= 11 is 0. The zero-order chi connectivity index (χ0) is 9.40. The molecule has 3 N–H and O–H groups in total. The molecule has 12 heavy (non-hydrogen) atoms. The Labute approximate surface area is 71.8 Å². The van der Waals surface area contributed by atoms with Crippen LogP contribution in [0, 0.1) is 5.82 Å². The van der Waals surface area contributed by atoms with Crippen molar-refractivity contribution in [3.05, 3.63) is 35.6 Å². The highest BCUT2D eigenvalue weighted by atomic mass is 19.1. The quantitative estimate of drug-likeness (QED) is 0.695. The number of aliphatic hydroxyl groups is 1. The Morgan fingerprint density at radius 2 is 1.75 bits per heavy atom. The molecule has 68 valence electrons. The second kappa shape index (κ2) is 6.76. The van der Waals surface area contributed by atoms with E-state index in [0.29, 0.717) is 6.42 Å². The molecule has 0 atom stereocenters. The fourth-order valence-corrected chi connectivity index (χ4v) is 0.780. The second-order valence-corrected chi connectivity index (χ2v) is 2.10. The zero-order valence-corrected chi connectivity index (χ0v) is 7.13. The van der Waals surface area contributed by atoms with Gasteiger partial charge in [0.05, 0.1) is 0 Å². The number of nitrogens with two attached hydrogens (primary N) is 1. The van der Waals surface area contributed by atoms with Crippen LogP contribution in [0.1, 0.15) is 5.56 Å². The van der Waals surface area contributed by atoms with Gasteiger partial charge in [0.15, 0.2) is 0 Å². The smallest absolute Gasteiger partial charge is 0.123 e. The molecule has 0 aromatic heterocycles. The molecule has 0 saturated carbocycles. The first kappa shape index (κ1) is 11.1. The topological polar surface area (TPSA) is 46.2 Å². The Hall–Kier alpha value is -0.930. The zero-order valence-electron chi connectivity index (χ0n) is 7.13. The number of halogens is 1. The van der Waals surface area contributed by atoms with E-state index >= 15 is 0 Å². The molecular formula is C9H14FNO. The summed E-state index contributed by atoms with van der Waals surface area (Å²) in [6.45, 7) is 0.117. The molecule has 0 aliphatic heterocycles. The number of hydrogen-bond donors (Lipinski definition) is 2. The van der Waals surface area contributed by atoms with Crippen LogP contribution in [-0.2, 0) is 6.42 Å². The molecule has 0 heterocycles. The first-order valence-corrected chi connectivity index (χ1v) is 3.76. The third kappa shape index (κ3) is 4.05. The molecular weight excluding hydrogens is 157 g/mol. The van der Waals surface area contributed by atoms with Gasteiger partial charge >= 0.3 is 0 Å². The fourth-order valence-electron chi connectivity index (χ4n) is 0.780. The molecule has 0 saturated heterocycles. The van der Waals surface area contributed by atoms with Crippen LogP contribution in [0.3, 0.4) is 0 Å². The van der Waals surface area contributed by atoms with Gasteiger partial charge in [-0.15, -0.1) is 0 Å². The highest BCUT2D eigenvalue weighted by molar-refractivity contribution is 5.15. The normalized spacial score (nSPS) is 8.67. The van der Waals surface area contributed by atoms with Crippen molar-refractivity contribution in [1.82, 2.24) is 0 Å². The van der Waals surface area contributed by atoms with E-state index in [1.807, 2.05) is 0 Å². The lowest BCUT2D eigenvalue weighted by molar-refractivity contribution is 0.299. The Morgan fingerprint density at radius 3 is 2.17 bits per heavy atom. The van der Waals surface area contributed by atoms with E-state index in [9.17, 15) is 4.39 Å². The average Bonchev–Trinajstić information content (AvgIpc) is 2.13. The van der Waals surface area contributed by atoms with Gasteiger partial charge in [-0.25, -0.2) is 4.39 Å². The standard InChI is InChI=1S/C8H9FO.CH5N/c9-8-3-1-7(2-4-8)5-6-10;1-2/h1-4,10H,5-6H2;2H2,1H3. The van der Waals surface area contributed by atoms with E-state index in [4.69, 9.17) is 5.11 Å². The number of hydrogen-bond acceptors (Lipinski definition) is 2. The minimum Gasteiger partial charge on any atom is -0.396 e. The molecule has 1 rings (SSSR count). The van der Waals surface area contributed by atoms with E-state index in [1.165, 1.54) is 19.2 Å². The van der Waals surface area contributed by atoms with Crippen LogP contribution in [-0.4, -0.2) is 18.8 Å². The van der Waals surface area contributed by atoms with E-state index < -0.39 is 0 Å². The largest absolute Gasteiger partial charge is 0.396 e. The van der Waals surface area contributed by atoms with E-state index in [-0.39, 0.29) is 12.4 Å². The van der Waals surface area contributed by atoms with Crippen LogP contribution in [0.2, 0.25) is 0 Å². The summed E-state index contributed by atoms with van der Waals surface area (Å²) in [5.74, 6) is -0.235. The van der Waals surface area contributed by atoms with Gasteiger partial charge in [0.2, 0.25) is 0 Å². The summed E-state index contributed by atoms with van der Waals surface area (Å²) in [6.07, 6.45) is 0.597. The predicted octanol–water partition coefficient (Wildman–Crippen LogP) is 0.935. The lowest BCUT2D eigenvalue weighted by Crippen LogP contribution is -1.89. The molecule has 0 radical (unpaired) electrons. The van der Waals surface area contributed by atoms with Crippen LogP contribution in [0.4, 0.5) is 4.39 Å². The Balaban J connectivity index is 0.000000561. The molecule has 0 amide bonds. The van der Waals surface area contributed by atoms with E-state index in [1.54, 1.807) is 12.1 Å². The van der Waals surface area contributed by atoms with Crippen LogP contribution < -0.4 is 5.73 Å². The summed E-state index contributed by atoms with van der Waals surface area (Å²) in [6, 6.07) is 6.13. The average molecular weight is 171 g/mol. The van der Waals surface area contributed by atoms with E-state index in [0.717, 1.165) is 5.56 Å². The lowest BCUT2D eigenvalue weighted by atomic mass is 10.2. The van der Waals surface area contributed by atoms with Crippen molar-refractivity contribution in [1.29, 1.82) is 0 Å². The van der Waals surface area contributed by atoms with Crippen molar-refractivity contribution in [3.8, 4) is 0 Å². The first-order valence-electron chi connectivity index (χ1n) is 3.76. The second-order valence-electron chi connectivity index (χ2n) is 2.10. The molecule has 1 aromatic carbocycles. The van der Waals surface area contributed by atoms with Crippen LogP contribution in [0.5, 0.6) is 0 Å². The van der Waals surface area contributed by atoms with Gasteiger partial charge in [-0.1, -0.05) is 12.1 Å². The summed E-state index contributed by atoms with van der Waals surface area (Å²) in [5, 5.41) is 8.50. The maximum atomic E-state index is 12.3. The first-order chi connectivity index (χ1) is 5.83. The Kier molecular flexibility index (Phi) is 6.24. The van der Waals surface area contributed by atoms with Crippen molar-refractivity contribution in [3.63, 3.8) is 0 Å². The van der Waals surface area contributed by atoms with Gasteiger partial charge in [0.1, 0.15) is 5.82 Å². The highest BCUT2D eigenvalue weighted by Crippen LogP contribution is 2.02. The molecule has 2 nitrogen and oxygen atoms in total. The van der Waals surface area contributed by atoms with Crippen LogP contribution in [0.25, 0.3) is 0 Å². The van der Waals surface area contributed by atoms with Gasteiger partial charge < -0.3 is 10.8 Å². The maximum absolute atomic E-state index is 12.3. The summed E-state index contributed by atoms with van der Waals surface area (Å²) in [5.41, 5.74) is 5.46. The predicted molar refractivity (Wildman–Crippen MR) is 47.3 cm³/mol. The van der Waals surface area contributed by atoms with Gasteiger partial charge in [-0.2, -0.15) is 0 Å². The summed E-state index contributed by atoms with van der Waals surface area (Å²) in [7, 11) is 1.50. The van der Waals surface area contributed by atoms with Crippen LogP contribution in [0.15, 0.2) is 24.3 Å². The molecule has 0 bridgehead atoms. The van der Waals surface area contributed by atoms with Crippen molar-refractivity contribution < 1.29 is 9.50 Å². The Bertz CT molecular complexity index is 198. The van der Waals surface area contributed by atoms with Crippen LogP contribution >= 0.6 is 0 Å². The summed E-state index contributed by atoms with van der Waals surface area (Å²) in [4.78, 5) is 0. The highest BCUT2D eigenvalue weighted by Gasteiger charge is 1.90. The molecule has 0 aliphatic carbocycles. The molecule has 0 unspecified atom stereocenters. The van der Waals surface area contributed by atoms with Gasteiger partial charge in [0.25, 0.3) is 0 Å². The van der Waals surface area contributed by atoms with Gasteiger partial charge in [-0.3, -0.25) is 0 Å². The summed E-state index contributed by atoms with van der Waals surface area (Å²) < 4.78 is 12.3. The van der Waals surface area contributed by atoms with Gasteiger partial charge in [-0.05, 0) is 31.2 Å². The SMILES string of the molecule is CN.OCCc1ccc(F)cc1. The van der Waals surface area contributed by atoms with Crippen molar-refractivity contribution >= 4 is 0 Å². The fraction of sp³-hybridized carbons (Fsp3) is 0.333. The molecule has 3 heteroatoms. The lowest BCUT2D eigenvalue weighted by Gasteiger charge is -1.95. The maximum Gasteiger partial charge on any atom is 0.123 e. The van der Waals surface area contributed by atoms with Crippen molar-refractivity contribution in [2.45, 2.75) is 6.42 Å². The minimum absolute atomic E-state index is 0.117. The Morgan fingerprint density at radius 1 is 1.25 bits per heavy atom. The minimum atomic E-state index is -0.235. The molecule has 0 aliphatic rings. The molecule has 0 fully saturated rings. The molecule has 1 aromatic rings. The third-order valence-corrected chi connectivity index (χ3v) is 1.31. The number of benzene rings is 1. The van der Waals surface area contributed by atoms with Gasteiger partial charge in [0, 0.05) is 6.61 Å². The van der Waals surface area contributed by atoms with E-state index in [2.05, 4.69) is 5.73 Å². The van der Waals surface area contributed by atoms with Crippen molar-refractivity contribution in [2.24, 2.45) is 5.73 Å².